The summed E-state index contributed by atoms with van der Waals surface area (Å²) in [6.07, 6.45) is 3.33. The smallest absolute Gasteiger partial charge is 0.409 e. The van der Waals surface area contributed by atoms with E-state index in [2.05, 4.69) is 15.2 Å². The maximum atomic E-state index is 13.0. The Hall–Kier alpha value is -2.35. The van der Waals surface area contributed by atoms with Crippen molar-refractivity contribution in [2.75, 3.05) is 50.9 Å². The van der Waals surface area contributed by atoms with Gasteiger partial charge in [-0.15, -0.1) is 0 Å². The zero-order chi connectivity index (χ0) is 19.9. The summed E-state index contributed by atoms with van der Waals surface area (Å²) < 4.78 is 10.5. The van der Waals surface area contributed by atoms with Gasteiger partial charge < -0.3 is 24.6 Å². The lowest BCUT2D eigenvalue weighted by Crippen LogP contribution is -2.48. The number of piperidine rings is 1. The standard InChI is InChI=1S/C20H30N4O4/c1-3-28-20(26)24-9-5-6-16(14-24)15(2)22-19(25)17-7-4-8-21-18(17)23-10-12-27-13-11-23/h4,7-8,15-16H,3,5-6,9-14H2,1-2H3,(H,22,25)/t15-,16-/m0/s1. The summed E-state index contributed by atoms with van der Waals surface area (Å²) in [4.78, 5) is 33.3. The second-order valence-electron chi connectivity index (χ2n) is 7.28. The minimum atomic E-state index is -0.271. The van der Waals surface area contributed by atoms with E-state index in [-0.39, 0.29) is 24.0 Å². The Labute approximate surface area is 166 Å². The van der Waals surface area contributed by atoms with Crippen LogP contribution in [0.25, 0.3) is 0 Å². The molecule has 0 radical (unpaired) electrons. The van der Waals surface area contributed by atoms with E-state index in [1.54, 1.807) is 17.2 Å². The Morgan fingerprint density at radius 1 is 1.36 bits per heavy atom. The minimum absolute atomic E-state index is 0.0533. The Bertz CT molecular complexity index is 678. The first kappa shape index (κ1) is 20.4. The van der Waals surface area contributed by atoms with Crippen LogP contribution in [-0.2, 0) is 9.47 Å². The first-order chi connectivity index (χ1) is 13.6. The highest BCUT2D eigenvalue weighted by Crippen LogP contribution is 2.22. The fourth-order valence-electron chi connectivity index (χ4n) is 3.80. The average Bonchev–Trinajstić information content (AvgIpc) is 2.74. The molecule has 2 aliphatic heterocycles. The number of amides is 2. The van der Waals surface area contributed by atoms with E-state index in [9.17, 15) is 9.59 Å². The molecule has 8 nitrogen and oxygen atoms in total. The van der Waals surface area contributed by atoms with Crippen LogP contribution in [0.1, 0.15) is 37.0 Å². The SMILES string of the molecule is CCOC(=O)N1CCC[C@H]([C@H](C)NC(=O)c2cccnc2N2CCOCC2)C1. The molecule has 0 aromatic carbocycles. The number of nitrogens with zero attached hydrogens (tertiary/aromatic N) is 3. The lowest BCUT2D eigenvalue weighted by Gasteiger charge is -2.35. The normalized spacial score (nSPS) is 21.1. The summed E-state index contributed by atoms with van der Waals surface area (Å²) in [7, 11) is 0. The van der Waals surface area contributed by atoms with Crippen LogP contribution in [-0.4, -0.2) is 73.9 Å². The molecule has 3 heterocycles. The van der Waals surface area contributed by atoms with Crippen LogP contribution in [0.5, 0.6) is 0 Å². The Balaban J connectivity index is 1.63. The van der Waals surface area contributed by atoms with E-state index in [0.29, 0.717) is 44.3 Å². The van der Waals surface area contributed by atoms with Gasteiger partial charge in [0.1, 0.15) is 5.82 Å². The van der Waals surface area contributed by atoms with Crippen molar-refractivity contribution in [1.82, 2.24) is 15.2 Å². The molecule has 8 heteroatoms. The van der Waals surface area contributed by atoms with Gasteiger partial charge in [0.2, 0.25) is 0 Å². The number of morpholine rings is 1. The molecule has 2 aliphatic rings. The second kappa shape index (κ2) is 9.73. The van der Waals surface area contributed by atoms with Crippen molar-refractivity contribution < 1.29 is 19.1 Å². The van der Waals surface area contributed by atoms with Crippen molar-refractivity contribution in [3.63, 3.8) is 0 Å². The predicted octanol–water partition coefficient (Wildman–Crippen LogP) is 1.90. The topological polar surface area (TPSA) is 84.0 Å². The number of hydrogen-bond acceptors (Lipinski definition) is 6. The number of carbonyl (C=O) groups excluding carboxylic acids is 2. The molecule has 2 amide bonds. The monoisotopic (exact) mass is 390 g/mol. The number of pyridine rings is 1. The molecule has 1 N–H and O–H groups in total. The lowest BCUT2D eigenvalue weighted by atomic mass is 9.91. The molecule has 2 fully saturated rings. The van der Waals surface area contributed by atoms with E-state index < -0.39 is 0 Å². The van der Waals surface area contributed by atoms with Crippen LogP contribution in [0.15, 0.2) is 18.3 Å². The minimum Gasteiger partial charge on any atom is -0.450 e. The Morgan fingerprint density at radius 2 is 2.14 bits per heavy atom. The number of carbonyl (C=O) groups is 2. The third kappa shape index (κ3) is 4.92. The third-order valence-corrected chi connectivity index (χ3v) is 5.39. The first-order valence-corrected chi connectivity index (χ1v) is 10.1. The zero-order valence-corrected chi connectivity index (χ0v) is 16.7. The molecule has 0 bridgehead atoms. The van der Waals surface area contributed by atoms with Crippen LogP contribution < -0.4 is 10.2 Å². The Kier molecular flexibility index (Phi) is 7.08. The molecule has 2 atom stereocenters. The number of nitrogens with one attached hydrogen (secondary N) is 1. The van der Waals surface area contributed by atoms with E-state index in [1.807, 2.05) is 19.9 Å². The largest absolute Gasteiger partial charge is 0.450 e. The molecule has 0 spiro atoms. The summed E-state index contributed by atoms with van der Waals surface area (Å²) in [5.74, 6) is 0.772. The third-order valence-electron chi connectivity index (χ3n) is 5.39. The molecule has 3 rings (SSSR count). The van der Waals surface area contributed by atoms with Gasteiger partial charge >= 0.3 is 6.09 Å². The highest BCUT2D eigenvalue weighted by Gasteiger charge is 2.29. The first-order valence-electron chi connectivity index (χ1n) is 10.1. The maximum absolute atomic E-state index is 13.0. The van der Waals surface area contributed by atoms with Crippen LogP contribution in [0.2, 0.25) is 0 Å². The molecule has 1 aromatic heterocycles. The molecule has 0 unspecified atom stereocenters. The number of anilines is 1. The van der Waals surface area contributed by atoms with Crippen molar-refractivity contribution in [3.8, 4) is 0 Å². The van der Waals surface area contributed by atoms with Gasteiger partial charge in [-0.2, -0.15) is 0 Å². The number of rotatable bonds is 5. The van der Waals surface area contributed by atoms with Crippen LogP contribution in [0.3, 0.4) is 0 Å². The van der Waals surface area contributed by atoms with Gasteiger partial charge in [0.05, 0.1) is 25.4 Å². The molecule has 0 aliphatic carbocycles. The molecule has 0 saturated carbocycles. The maximum Gasteiger partial charge on any atom is 0.409 e. The van der Waals surface area contributed by atoms with Crippen molar-refractivity contribution in [2.45, 2.75) is 32.7 Å². The van der Waals surface area contributed by atoms with Gasteiger partial charge in [0.25, 0.3) is 5.91 Å². The number of hydrogen-bond donors (Lipinski definition) is 1. The van der Waals surface area contributed by atoms with E-state index >= 15 is 0 Å². The fraction of sp³-hybridized carbons (Fsp3) is 0.650. The van der Waals surface area contributed by atoms with Gasteiger partial charge in [-0.05, 0) is 44.7 Å². The summed E-state index contributed by atoms with van der Waals surface area (Å²) >= 11 is 0. The Morgan fingerprint density at radius 3 is 2.89 bits per heavy atom. The molecular weight excluding hydrogens is 360 g/mol. The van der Waals surface area contributed by atoms with Crippen molar-refractivity contribution in [1.29, 1.82) is 0 Å². The molecule has 1 aromatic rings. The van der Waals surface area contributed by atoms with Gasteiger partial charge in [-0.3, -0.25) is 4.79 Å². The number of likely N-dealkylation sites (tertiary alicyclic amines) is 1. The van der Waals surface area contributed by atoms with Gasteiger partial charge in [-0.25, -0.2) is 9.78 Å². The predicted molar refractivity (Wildman–Crippen MR) is 106 cm³/mol. The summed E-state index contributed by atoms with van der Waals surface area (Å²) in [5, 5.41) is 3.12. The van der Waals surface area contributed by atoms with Crippen LogP contribution in [0.4, 0.5) is 10.6 Å². The van der Waals surface area contributed by atoms with E-state index in [4.69, 9.17) is 9.47 Å². The van der Waals surface area contributed by atoms with Gasteiger partial charge in [0, 0.05) is 38.4 Å². The van der Waals surface area contributed by atoms with Crippen molar-refractivity contribution in [2.24, 2.45) is 5.92 Å². The molecule has 28 heavy (non-hydrogen) atoms. The van der Waals surface area contributed by atoms with Crippen LogP contribution in [0, 0.1) is 5.92 Å². The van der Waals surface area contributed by atoms with Gasteiger partial charge in [-0.1, -0.05) is 0 Å². The fourth-order valence-corrected chi connectivity index (χ4v) is 3.80. The van der Waals surface area contributed by atoms with Crippen molar-refractivity contribution >= 4 is 17.8 Å². The lowest BCUT2D eigenvalue weighted by molar-refractivity contribution is 0.0788. The second-order valence-corrected chi connectivity index (χ2v) is 7.28. The summed E-state index contributed by atoms with van der Waals surface area (Å²) in [5.41, 5.74) is 0.578. The highest BCUT2D eigenvalue weighted by molar-refractivity contribution is 5.99. The average molecular weight is 390 g/mol. The van der Waals surface area contributed by atoms with Gasteiger partial charge in [0.15, 0.2) is 0 Å². The summed E-state index contributed by atoms with van der Waals surface area (Å²) in [6, 6.07) is 3.54. The van der Waals surface area contributed by atoms with Crippen molar-refractivity contribution in [3.05, 3.63) is 23.9 Å². The van der Waals surface area contributed by atoms with E-state index in [0.717, 1.165) is 25.9 Å². The quantitative estimate of drug-likeness (QED) is 0.827. The number of aromatic nitrogens is 1. The van der Waals surface area contributed by atoms with E-state index in [1.165, 1.54) is 0 Å². The molecule has 2 saturated heterocycles. The zero-order valence-electron chi connectivity index (χ0n) is 16.7. The van der Waals surface area contributed by atoms with Crippen LogP contribution >= 0.6 is 0 Å². The highest BCUT2D eigenvalue weighted by atomic mass is 16.6. The molecule has 154 valence electrons. The number of ether oxygens (including phenoxy) is 2. The molecular formula is C20H30N4O4. The summed E-state index contributed by atoms with van der Waals surface area (Å²) in [6.45, 7) is 8.22.